The Morgan fingerprint density at radius 2 is 2.30 bits per heavy atom. The summed E-state index contributed by atoms with van der Waals surface area (Å²) in [5.41, 5.74) is 5.25. The lowest BCUT2D eigenvalue weighted by Gasteiger charge is -1.99. The van der Waals surface area contributed by atoms with Crippen LogP contribution in [0.5, 0.6) is 5.88 Å². The maximum absolute atomic E-state index is 12.5. The molecule has 1 aromatic heterocycles. The Bertz CT molecular complexity index is 239. The minimum atomic E-state index is -0.503. The van der Waals surface area contributed by atoms with E-state index in [-0.39, 0.29) is 11.7 Å². The number of hydrogen-bond acceptors (Lipinski definition) is 3. The molecule has 1 heterocycles. The van der Waals surface area contributed by atoms with E-state index in [1.54, 1.807) is 0 Å². The fourth-order valence-corrected chi connectivity index (χ4v) is 0.581. The molecule has 10 heavy (non-hydrogen) atoms. The third-order valence-corrected chi connectivity index (χ3v) is 1.03. The number of hydrogen-bond donors (Lipinski definition) is 1. The molecule has 0 aliphatic carbocycles. The largest absolute Gasteiger partial charge is 0.479 e. The van der Waals surface area contributed by atoms with Crippen LogP contribution in [0.1, 0.15) is 0 Å². The molecular formula is C6H7FN2O. The quantitative estimate of drug-likeness (QED) is 0.631. The van der Waals surface area contributed by atoms with Gasteiger partial charge in [0.1, 0.15) is 5.82 Å². The number of aromatic nitrogens is 1. The van der Waals surface area contributed by atoms with E-state index in [0.717, 1.165) is 0 Å². The summed E-state index contributed by atoms with van der Waals surface area (Å²) in [4.78, 5) is 3.57. The van der Waals surface area contributed by atoms with E-state index >= 15 is 0 Å². The van der Waals surface area contributed by atoms with Crippen LogP contribution < -0.4 is 10.5 Å². The van der Waals surface area contributed by atoms with Crippen molar-refractivity contribution in [3.05, 3.63) is 17.9 Å². The number of methoxy groups -OCH3 is 1. The van der Waals surface area contributed by atoms with Crippen molar-refractivity contribution in [1.29, 1.82) is 0 Å². The molecule has 0 aromatic carbocycles. The SMILES string of the molecule is COc1nc(N)ccc1F. The van der Waals surface area contributed by atoms with Crippen molar-refractivity contribution in [3.8, 4) is 5.88 Å². The molecule has 0 radical (unpaired) electrons. The zero-order chi connectivity index (χ0) is 7.56. The van der Waals surface area contributed by atoms with Crippen LogP contribution in [0, 0.1) is 5.82 Å². The van der Waals surface area contributed by atoms with Gasteiger partial charge in [-0.05, 0) is 12.1 Å². The zero-order valence-electron chi connectivity index (χ0n) is 5.47. The van der Waals surface area contributed by atoms with Gasteiger partial charge in [0, 0.05) is 0 Å². The summed E-state index contributed by atoms with van der Waals surface area (Å²) in [5.74, 6) is -0.324. The van der Waals surface area contributed by atoms with Gasteiger partial charge in [-0.25, -0.2) is 4.39 Å². The Labute approximate surface area is 57.6 Å². The highest BCUT2D eigenvalue weighted by Gasteiger charge is 2.01. The zero-order valence-corrected chi connectivity index (χ0v) is 5.47. The third-order valence-electron chi connectivity index (χ3n) is 1.03. The molecule has 1 rings (SSSR count). The standard InChI is InChI=1S/C6H7FN2O/c1-10-6-4(7)2-3-5(8)9-6/h2-3H,1H3,(H2,8,9). The van der Waals surface area contributed by atoms with Crippen LogP contribution in [-0.2, 0) is 0 Å². The van der Waals surface area contributed by atoms with E-state index in [1.807, 2.05) is 0 Å². The second-order valence-electron chi connectivity index (χ2n) is 1.73. The molecule has 0 atom stereocenters. The van der Waals surface area contributed by atoms with Crippen LogP contribution in [0.2, 0.25) is 0 Å². The maximum atomic E-state index is 12.5. The predicted molar refractivity (Wildman–Crippen MR) is 35.2 cm³/mol. The average molecular weight is 142 g/mol. The molecule has 0 aliphatic heterocycles. The molecule has 2 N–H and O–H groups in total. The number of halogens is 1. The molecular weight excluding hydrogens is 135 g/mol. The highest BCUT2D eigenvalue weighted by atomic mass is 19.1. The molecule has 0 saturated heterocycles. The van der Waals surface area contributed by atoms with Gasteiger partial charge in [-0.15, -0.1) is 0 Å². The molecule has 3 nitrogen and oxygen atoms in total. The smallest absolute Gasteiger partial charge is 0.252 e. The number of ether oxygens (including phenoxy) is 1. The minimum absolute atomic E-state index is 0.0694. The van der Waals surface area contributed by atoms with Crippen LogP contribution in [0.3, 0.4) is 0 Å². The Morgan fingerprint density at radius 1 is 1.60 bits per heavy atom. The first kappa shape index (κ1) is 6.80. The van der Waals surface area contributed by atoms with E-state index in [2.05, 4.69) is 9.72 Å². The Hall–Kier alpha value is -1.32. The summed E-state index contributed by atoms with van der Waals surface area (Å²) in [6, 6.07) is 2.58. The Balaban J connectivity index is 3.09. The molecule has 4 heteroatoms. The van der Waals surface area contributed by atoms with Gasteiger partial charge in [0.15, 0.2) is 5.82 Å². The lowest BCUT2D eigenvalue weighted by Crippen LogP contribution is -1.95. The van der Waals surface area contributed by atoms with E-state index in [1.165, 1.54) is 19.2 Å². The van der Waals surface area contributed by atoms with Crippen molar-refractivity contribution in [1.82, 2.24) is 4.98 Å². The van der Waals surface area contributed by atoms with Gasteiger partial charge >= 0.3 is 0 Å². The molecule has 0 amide bonds. The third kappa shape index (κ3) is 1.15. The number of nitrogens with zero attached hydrogens (tertiary/aromatic N) is 1. The van der Waals surface area contributed by atoms with E-state index < -0.39 is 5.82 Å². The van der Waals surface area contributed by atoms with Crippen LogP contribution >= 0.6 is 0 Å². The minimum Gasteiger partial charge on any atom is -0.479 e. The first-order valence-electron chi connectivity index (χ1n) is 2.70. The topological polar surface area (TPSA) is 48.1 Å². The fourth-order valence-electron chi connectivity index (χ4n) is 0.581. The van der Waals surface area contributed by atoms with Crippen molar-refractivity contribution in [2.24, 2.45) is 0 Å². The maximum Gasteiger partial charge on any atom is 0.252 e. The molecule has 0 bridgehead atoms. The van der Waals surface area contributed by atoms with E-state index in [4.69, 9.17) is 5.73 Å². The van der Waals surface area contributed by atoms with Gasteiger partial charge in [-0.1, -0.05) is 0 Å². The summed E-state index contributed by atoms with van der Waals surface area (Å²) in [7, 11) is 1.34. The van der Waals surface area contributed by atoms with Gasteiger partial charge in [-0.3, -0.25) is 0 Å². The van der Waals surface area contributed by atoms with Crippen molar-refractivity contribution in [2.45, 2.75) is 0 Å². The van der Waals surface area contributed by atoms with Crippen molar-refractivity contribution >= 4 is 5.82 Å². The van der Waals surface area contributed by atoms with Gasteiger partial charge in [0.25, 0.3) is 5.88 Å². The molecule has 0 saturated carbocycles. The Morgan fingerprint density at radius 3 is 2.80 bits per heavy atom. The highest BCUT2D eigenvalue weighted by Crippen LogP contribution is 2.13. The first-order chi connectivity index (χ1) is 4.74. The average Bonchev–Trinajstić information content (AvgIpc) is 1.94. The van der Waals surface area contributed by atoms with Crippen LogP contribution in [-0.4, -0.2) is 12.1 Å². The fraction of sp³-hybridized carbons (Fsp3) is 0.167. The highest BCUT2D eigenvalue weighted by molar-refractivity contribution is 5.32. The van der Waals surface area contributed by atoms with Gasteiger partial charge in [0.05, 0.1) is 7.11 Å². The van der Waals surface area contributed by atoms with Crippen LogP contribution in [0.4, 0.5) is 10.2 Å². The number of rotatable bonds is 1. The van der Waals surface area contributed by atoms with E-state index in [9.17, 15) is 4.39 Å². The summed E-state index contributed by atoms with van der Waals surface area (Å²) < 4.78 is 17.1. The van der Waals surface area contributed by atoms with Gasteiger partial charge in [-0.2, -0.15) is 4.98 Å². The van der Waals surface area contributed by atoms with Crippen molar-refractivity contribution in [2.75, 3.05) is 12.8 Å². The number of pyridine rings is 1. The number of nitrogens with two attached hydrogens (primary N) is 1. The van der Waals surface area contributed by atoms with Crippen molar-refractivity contribution in [3.63, 3.8) is 0 Å². The van der Waals surface area contributed by atoms with Gasteiger partial charge in [0.2, 0.25) is 0 Å². The Kier molecular flexibility index (Phi) is 1.71. The molecule has 0 aliphatic rings. The summed E-state index contributed by atoms with van der Waals surface area (Å²) in [6.07, 6.45) is 0. The second kappa shape index (κ2) is 2.51. The van der Waals surface area contributed by atoms with Gasteiger partial charge < -0.3 is 10.5 Å². The normalized spacial score (nSPS) is 9.40. The molecule has 0 unspecified atom stereocenters. The molecule has 0 spiro atoms. The second-order valence-corrected chi connectivity index (χ2v) is 1.73. The lowest BCUT2D eigenvalue weighted by molar-refractivity contribution is 0.370. The summed E-state index contributed by atoms with van der Waals surface area (Å²) >= 11 is 0. The molecule has 1 aromatic rings. The summed E-state index contributed by atoms with van der Waals surface area (Å²) in [6.45, 7) is 0. The monoisotopic (exact) mass is 142 g/mol. The molecule has 54 valence electrons. The first-order valence-corrected chi connectivity index (χ1v) is 2.70. The van der Waals surface area contributed by atoms with Crippen LogP contribution in [0.25, 0.3) is 0 Å². The van der Waals surface area contributed by atoms with Crippen molar-refractivity contribution < 1.29 is 9.13 Å². The number of anilines is 1. The summed E-state index contributed by atoms with van der Waals surface area (Å²) in [5, 5.41) is 0. The van der Waals surface area contributed by atoms with Crippen LogP contribution in [0.15, 0.2) is 12.1 Å². The van der Waals surface area contributed by atoms with E-state index in [0.29, 0.717) is 0 Å². The molecule has 0 fully saturated rings. The lowest BCUT2D eigenvalue weighted by atomic mass is 10.4. The number of nitrogen functional groups attached to an aromatic ring is 1. The predicted octanol–water partition coefficient (Wildman–Crippen LogP) is 0.812.